The molecule has 112 valence electrons. The Hall–Kier alpha value is -0.730. The molecule has 0 bridgehead atoms. The minimum absolute atomic E-state index is 0.598. The summed E-state index contributed by atoms with van der Waals surface area (Å²) in [4.78, 5) is 0. The van der Waals surface area contributed by atoms with Gasteiger partial charge in [0.15, 0.2) is 0 Å². The lowest BCUT2D eigenvalue weighted by molar-refractivity contribution is 0.353. The summed E-state index contributed by atoms with van der Waals surface area (Å²) >= 11 is 6.18. The fourth-order valence-corrected chi connectivity index (χ4v) is 2.98. The monoisotopic (exact) mass is 295 g/mol. The van der Waals surface area contributed by atoms with E-state index >= 15 is 0 Å². The van der Waals surface area contributed by atoms with Crippen LogP contribution < -0.4 is 10.1 Å². The maximum Gasteiger partial charge on any atom is 0.125 e. The largest absolute Gasteiger partial charge is 0.493 e. The van der Waals surface area contributed by atoms with Crippen molar-refractivity contribution in [3.8, 4) is 5.75 Å². The first kappa shape index (κ1) is 15.7. The Balaban J connectivity index is 1.70. The fraction of sp³-hybridized carbons (Fsp3) is 0.647. The molecule has 1 heterocycles. The van der Waals surface area contributed by atoms with Crippen LogP contribution >= 0.6 is 11.6 Å². The zero-order valence-corrected chi connectivity index (χ0v) is 13.4. The van der Waals surface area contributed by atoms with E-state index in [1.165, 1.54) is 36.8 Å². The highest BCUT2D eigenvalue weighted by molar-refractivity contribution is 6.30. The zero-order valence-electron chi connectivity index (χ0n) is 12.7. The smallest absolute Gasteiger partial charge is 0.125 e. The Morgan fingerprint density at radius 3 is 2.80 bits per heavy atom. The molecule has 3 heteroatoms. The minimum atomic E-state index is 0.598. The van der Waals surface area contributed by atoms with Gasteiger partial charge in [-0.05, 0) is 49.1 Å². The Kier molecular flexibility index (Phi) is 6.18. The molecular weight excluding hydrogens is 270 g/mol. The lowest BCUT2D eigenvalue weighted by Gasteiger charge is -2.09. The summed E-state index contributed by atoms with van der Waals surface area (Å²) in [6.07, 6.45) is 7.15. The summed E-state index contributed by atoms with van der Waals surface area (Å²) in [5.41, 5.74) is 2.58. The predicted octanol–water partition coefficient (Wildman–Crippen LogP) is 4.38. The Labute approximate surface area is 127 Å². The molecule has 0 amide bonds. The number of ether oxygens (including phenoxy) is 1. The molecule has 20 heavy (non-hydrogen) atoms. The summed E-state index contributed by atoms with van der Waals surface area (Å²) in [5, 5.41) is 4.31. The van der Waals surface area contributed by atoms with Crippen LogP contribution in [0.25, 0.3) is 0 Å². The van der Waals surface area contributed by atoms with Gasteiger partial charge >= 0.3 is 0 Å². The van der Waals surface area contributed by atoms with Gasteiger partial charge in [-0.25, -0.2) is 0 Å². The first-order valence-electron chi connectivity index (χ1n) is 7.84. The lowest BCUT2D eigenvalue weighted by Crippen LogP contribution is -2.23. The van der Waals surface area contributed by atoms with Crippen LogP contribution in [-0.4, -0.2) is 19.2 Å². The van der Waals surface area contributed by atoms with E-state index < -0.39 is 0 Å². The Morgan fingerprint density at radius 2 is 2.00 bits per heavy atom. The van der Waals surface area contributed by atoms with Gasteiger partial charge in [0.1, 0.15) is 5.75 Å². The van der Waals surface area contributed by atoms with Gasteiger partial charge in [-0.15, -0.1) is 0 Å². The second-order valence-electron chi connectivity index (χ2n) is 5.92. The van der Waals surface area contributed by atoms with Gasteiger partial charge in [-0.2, -0.15) is 0 Å². The topological polar surface area (TPSA) is 21.3 Å². The molecule has 2 rings (SSSR count). The number of aryl methyl sites for hydroxylation is 1. The number of nitrogens with one attached hydrogen (secondary N) is 1. The van der Waals surface area contributed by atoms with E-state index in [4.69, 9.17) is 16.3 Å². The number of hydrogen-bond donors (Lipinski definition) is 1. The van der Waals surface area contributed by atoms with Crippen LogP contribution in [0.15, 0.2) is 12.1 Å². The molecule has 0 spiro atoms. The third-order valence-corrected chi connectivity index (χ3v) is 3.97. The standard InChI is InChI=1S/C17H26ClNO/c1-13(2)19-9-6-4-3-5-7-14-11-16(18)12-15-8-10-20-17(14)15/h11-13,19H,3-10H2,1-2H3. The Morgan fingerprint density at radius 1 is 1.20 bits per heavy atom. The summed E-state index contributed by atoms with van der Waals surface area (Å²) in [6, 6.07) is 4.72. The van der Waals surface area contributed by atoms with Crippen molar-refractivity contribution < 1.29 is 4.74 Å². The minimum Gasteiger partial charge on any atom is -0.493 e. The first-order valence-corrected chi connectivity index (χ1v) is 8.22. The van der Waals surface area contributed by atoms with Crippen LogP contribution in [0.1, 0.15) is 50.7 Å². The number of hydrogen-bond acceptors (Lipinski definition) is 2. The second kappa shape index (κ2) is 7.90. The molecule has 2 nitrogen and oxygen atoms in total. The average Bonchev–Trinajstić information content (AvgIpc) is 2.85. The van der Waals surface area contributed by atoms with Gasteiger partial charge in [0.25, 0.3) is 0 Å². The molecule has 1 aliphatic heterocycles. The van der Waals surface area contributed by atoms with Crippen molar-refractivity contribution in [2.45, 2.75) is 58.4 Å². The number of rotatable bonds is 8. The van der Waals surface area contributed by atoms with Crippen molar-refractivity contribution in [1.29, 1.82) is 0 Å². The highest BCUT2D eigenvalue weighted by Gasteiger charge is 2.17. The van der Waals surface area contributed by atoms with E-state index in [1.54, 1.807) is 0 Å². The van der Waals surface area contributed by atoms with Gasteiger partial charge in [0.2, 0.25) is 0 Å². The van der Waals surface area contributed by atoms with Crippen LogP contribution in [0.3, 0.4) is 0 Å². The third-order valence-electron chi connectivity index (χ3n) is 3.75. The normalized spacial score (nSPS) is 13.6. The molecule has 0 saturated heterocycles. The molecule has 1 N–H and O–H groups in total. The highest BCUT2D eigenvalue weighted by atomic mass is 35.5. The van der Waals surface area contributed by atoms with Crippen molar-refractivity contribution in [2.75, 3.05) is 13.2 Å². The molecule has 1 aromatic rings. The second-order valence-corrected chi connectivity index (χ2v) is 6.36. The summed E-state index contributed by atoms with van der Waals surface area (Å²) in [5.74, 6) is 1.11. The van der Waals surface area contributed by atoms with Crippen molar-refractivity contribution >= 4 is 11.6 Å². The molecule has 0 saturated carbocycles. The van der Waals surface area contributed by atoms with Crippen molar-refractivity contribution in [3.63, 3.8) is 0 Å². The van der Waals surface area contributed by atoms with E-state index in [0.717, 1.165) is 36.8 Å². The number of benzene rings is 1. The zero-order chi connectivity index (χ0) is 14.4. The van der Waals surface area contributed by atoms with Gasteiger partial charge in [-0.1, -0.05) is 38.3 Å². The van der Waals surface area contributed by atoms with E-state index in [2.05, 4.69) is 25.2 Å². The molecule has 0 aromatic heterocycles. The van der Waals surface area contributed by atoms with Crippen molar-refractivity contribution in [3.05, 3.63) is 28.3 Å². The van der Waals surface area contributed by atoms with Gasteiger partial charge in [-0.3, -0.25) is 0 Å². The number of unbranched alkanes of at least 4 members (excludes halogenated alkanes) is 3. The first-order chi connectivity index (χ1) is 9.66. The van der Waals surface area contributed by atoms with Crippen molar-refractivity contribution in [1.82, 2.24) is 5.32 Å². The molecule has 0 radical (unpaired) electrons. The highest BCUT2D eigenvalue weighted by Crippen LogP contribution is 2.33. The quantitative estimate of drug-likeness (QED) is 0.719. The molecule has 0 fully saturated rings. The third kappa shape index (κ3) is 4.68. The lowest BCUT2D eigenvalue weighted by atomic mass is 10.0. The predicted molar refractivity (Wildman–Crippen MR) is 86.0 cm³/mol. The van der Waals surface area contributed by atoms with Crippen LogP contribution in [0.5, 0.6) is 5.75 Å². The maximum atomic E-state index is 6.18. The van der Waals surface area contributed by atoms with E-state index in [-0.39, 0.29) is 0 Å². The van der Waals surface area contributed by atoms with Crippen LogP contribution in [0.4, 0.5) is 0 Å². The molecule has 0 atom stereocenters. The fourth-order valence-electron chi connectivity index (χ4n) is 2.72. The van der Waals surface area contributed by atoms with E-state index in [0.29, 0.717) is 6.04 Å². The maximum absolute atomic E-state index is 6.18. The summed E-state index contributed by atoms with van der Waals surface area (Å²) in [7, 11) is 0. The number of fused-ring (bicyclic) bond motifs is 1. The molecule has 1 aliphatic rings. The number of halogens is 1. The van der Waals surface area contributed by atoms with E-state index in [1.807, 2.05) is 6.07 Å². The van der Waals surface area contributed by atoms with Crippen LogP contribution in [0.2, 0.25) is 5.02 Å². The molecule has 0 aliphatic carbocycles. The molecular formula is C17H26ClNO. The van der Waals surface area contributed by atoms with Gasteiger partial charge in [0.05, 0.1) is 6.61 Å². The SMILES string of the molecule is CC(C)NCCCCCCc1cc(Cl)cc2c1OCC2. The Bertz CT molecular complexity index is 431. The van der Waals surface area contributed by atoms with Crippen LogP contribution in [-0.2, 0) is 12.8 Å². The van der Waals surface area contributed by atoms with Crippen LogP contribution in [0, 0.1) is 0 Å². The summed E-state index contributed by atoms with van der Waals surface area (Å²) in [6.45, 7) is 6.33. The van der Waals surface area contributed by atoms with E-state index in [9.17, 15) is 0 Å². The average molecular weight is 296 g/mol. The van der Waals surface area contributed by atoms with Gasteiger partial charge in [0, 0.05) is 17.5 Å². The van der Waals surface area contributed by atoms with Gasteiger partial charge < -0.3 is 10.1 Å². The molecule has 0 unspecified atom stereocenters. The summed E-state index contributed by atoms with van der Waals surface area (Å²) < 4.78 is 5.74. The van der Waals surface area contributed by atoms with Crippen molar-refractivity contribution in [2.24, 2.45) is 0 Å². The molecule has 1 aromatic carbocycles.